The number of fused-ring (bicyclic) bond motifs is 2. The van der Waals surface area contributed by atoms with Crippen LogP contribution in [0.4, 0.5) is 0 Å². The second kappa shape index (κ2) is 13.4. The third-order valence-electron chi connectivity index (χ3n) is 8.77. The van der Waals surface area contributed by atoms with Crippen LogP contribution in [0.5, 0.6) is 0 Å². The van der Waals surface area contributed by atoms with Gasteiger partial charge in [0.15, 0.2) is 0 Å². The molecule has 0 spiro atoms. The molecule has 2 unspecified atom stereocenters. The number of allylic oxidation sites excluding steroid dienone is 2. The van der Waals surface area contributed by atoms with Gasteiger partial charge in [0.25, 0.3) is 0 Å². The Morgan fingerprint density at radius 2 is 1.16 bits per heavy atom. The first-order chi connectivity index (χ1) is 20.4. The molecule has 1 heterocycles. The van der Waals surface area contributed by atoms with Gasteiger partial charge in [0.1, 0.15) is 0 Å². The minimum absolute atomic E-state index is 0. The molecule has 5 aromatic rings. The van der Waals surface area contributed by atoms with Crippen LogP contribution in [0.15, 0.2) is 107 Å². The quantitative estimate of drug-likeness (QED) is 0.243. The van der Waals surface area contributed by atoms with Crippen molar-refractivity contribution in [2.24, 2.45) is 0 Å². The molecule has 4 aromatic carbocycles. The van der Waals surface area contributed by atoms with Gasteiger partial charge in [-0.3, -0.25) is 0 Å². The summed E-state index contributed by atoms with van der Waals surface area (Å²) in [7, 11) is 0. The van der Waals surface area contributed by atoms with E-state index in [9.17, 15) is 0 Å². The summed E-state index contributed by atoms with van der Waals surface area (Å²) in [5, 5.41) is 0. The minimum atomic E-state index is -0.720. The first kappa shape index (κ1) is 32.7. The van der Waals surface area contributed by atoms with Crippen molar-refractivity contribution in [3.63, 3.8) is 0 Å². The molecule has 0 N–H and O–H groups in total. The molecule has 1 aromatic heterocycles. The monoisotopic (exact) mass is 707 g/mol. The molecule has 0 bridgehead atoms. The summed E-state index contributed by atoms with van der Waals surface area (Å²) in [6.07, 6.45) is 5.05. The molecule has 2 aliphatic carbocycles. The van der Waals surface area contributed by atoms with E-state index in [1.54, 1.807) is 11.1 Å². The van der Waals surface area contributed by atoms with Crippen molar-refractivity contribution >= 4 is 23.2 Å². The van der Waals surface area contributed by atoms with Crippen molar-refractivity contribution in [1.29, 1.82) is 0 Å². The largest absolute Gasteiger partial charge is 1.00 e. The molecule has 1 nitrogen and oxygen atoms in total. The van der Waals surface area contributed by atoms with Crippen molar-refractivity contribution in [2.75, 3.05) is 0 Å². The molecule has 2 atom stereocenters. The van der Waals surface area contributed by atoms with E-state index in [0.717, 1.165) is 11.5 Å². The van der Waals surface area contributed by atoms with Gasteiger partial charge in [-0.2, -0.15) is 0 Å². The Kier molecular flexibility index (Phi) is 9.93. The zero-order chi connectivity index (χ0) is 29.0. The van der Waals surface area contributed by atoms with E-state index >= 15 is 0 Å². The van der Waals surface area contributed by atoms with Gasteiger partial charge in [0, 0.05) is 0 Å². The predicted molar refractivity (Wildman–Crippen MR) is 175 cm³/mol. The molecule has 219 valence electrons. The molecule has 0 saturated carbocycles. The summed E-state index contributed by atoms with van der Waals surface area (Å²) in [6.45, 7) is 11.6. The number of aryl methyl sites for hydroxylation is 3. The number of benzene rings is 4. The Balaban J connectivity index is 0.00000192. The summed E-state index contributed by atoms with van der Waals surface area (Å²) in [5.74, 6) is 2.16. The van der Waals surface area contributed by atoms with Crippen molar-refractivity contribution in [3.8, 4) is 22.3 Å². The Morgan fingerprint density at radius 1 is 0.614 bits per heavy atom. The number of hydrogen-bond donors (Lipinski definition) is 0. The van der Waals surface area contributed by atoms with E-state index in [1.807, 2.05) is 0 Å². The van der Waals surface area contributed by atoms with E-state index in [1.165, 1.54) is 55.6 Å². The molecule has 0 saturated heterocycles. The first-order valence-corrected chi connectivity index (χ1v) is 22.5. The molecular formula is C39H35Cl2OSiZr. The Labute approximate surface area is 285 Å². The van der Waals surface area contributed by atoms with Gasteiger partial charge >= 0.3 is 263 Å². The normalized spacial score (nSPS) is 16.1. The van der Waals surface area contributed by atoms with Gasteiger partial charge in [-0.1, -0.05) is 0 Å². The summed E-state index contributed by atoms with van der Waals surface area (Å²) in [6, 6.07) is 35.8. The van der Waals surface area contributed by atoms with E-state index in [2.05, 4.69) is 143 Å². The topological polar surface area (TPSA) is 13.1 Å². The minimum Gasteiger partial charge on any atom is -1.00 e. The Hall–Kier alpha value is -2.68. The van der Waals surface area contributed by atoms with Crippen LogP contribution in [0, 0.1) is 20.8 Å². The van der Waals surface area contributed by atoms with Crippen molar-refractivity contribution in [1.82, 2.24) is 0 Å². The smallest absolute Gasteiger partial charge is 1.00 e. The first-order valence-electron chi connectivity index (χ1n) is 14.8. The molecule has 0 fully saturated rings. The molecule has 0 radical (unpaired) electrons. The average Bonchev–Trinajstić information content (AvgIpc) is 3.68. The fourth-order valence-corrected chi connectivity index (χ4v) is 15.7. The fraction of sp³-hybridized carbons (Fsp3) is 0.179. The van der Waals surface area contributed by atoms with Crippen molar-refractivity contribution in [2.45, 2.75) is 43.4 Å². The van der Waals surface area contributed by atoms with Crippen LogP contribution in [0.2, 0.25) is 13.1 Å². The predicted octanol–water partition coefficient (Wildman–Crippen LogP) is 4.66. The van der Waals surface area contributed by atoms with Crippen molar-refractivity contribution in [3.05, 3.63) is 148 Å². The van der Waals surface area contributed by atoms with Gasteiger partial charge in [0.05, 0.1) is 0 Å². The second-order valence-electron chi connectivity index (χ2n) is 11.9. The fourth-order valence-electron chi connectivity index (χ4n) is 6.98. The van der Waals surface area contributed by atoms with E-state index in [0.29, 0.717) is 3.63 Å². The van der Waals surface area contributed by atoms with Crippen LogP contribution in [0.3, 0.4) is 0 Å². The summed E-state index contributed by atoms with van der Waals surface area (Å²) >= 11 is -0.720. The maximum Gasteiger partial charge on any atom is -1.00 e. The van der Waals surface area contributed by atoms with Gasteiger partial charge in [-0.25, -0.2) is 0 Å². The molecule has 0 aliphatic heterocycles. The molecule has 44 heavy (non-hydrogen) atoms. The Bertz CT molecular complexity index is 1930. The van der Waals surface area contributed by atoms with Crippen molar-refractivity contribution < 1.29 is 51.1 Å². The third-order valence-corrected chi connectivity index (χ3v) is 17.6. The molecular weight excluding hydrogens is 675 g/mol. The maximum absolute atomic E-state index is 6.39. The number of rotatable bonds is 5. The molecule has 7 rings (SSSR count). The van der Waals surface area contributed by atoms with Crippen LogP contribution in [-0.2, 0) is 21.9 Å². The number of furan rings is 1. The third kappa shape index (κ3) is 5.74. The van der Waals surface area contributed by atoms with Crippen LogP contribution < -0.4 is 24.8 Å². The molecule has 5 heteroatoms. The summed E-state index contributed by atoms with van der Waals surface area (Å²) in [4.78, 5) is 0. The average molecular weight is 710 g/mol. The zero-order valence-electron chi connectivity index (χ0n) is 25.7. The SMILES string of the molecule is Cc1ccc(C2=Cc3c(ccc(C)c3-c3ccccc3)C2C2=Cc3c(ccc(C)c3-c3ccccc3)[CH]2[Zr+2]=[Si](C)C)o1.[Cl-].[Cl-]. The molecule has 2 aliphatic rings. The van der Waals surface area contributed by atoms with E-state index in [-0.39, 0.29) is 36.2 Å². The van der Waals surface area contributed by atoms with Gasteiger partial charge < -0.3 is 24.8 Å². The second-order valence-corrected chi connectivity index (χ2v) is 25.1. The molecule has 0 amide bonds. The van der Waals surface area contributed by atoms with Crippen LogP contribution >= 0.6 is 0 Å². The van der Waals surface area contributed by atoms with E-state index < -0.39 is 21.9 Å². The summed E-state index contributed by atoms with van der Waals surface area (Å²) < 4.78 is 6.96. The van der Waals surface area contributed by atoms with Gasteiger partial charge in [-0.05, 0) is 0 Å². The maximum atomic E-state index is 6.39. The zero-order valence-corrected chi connectivity index (χ0v) is 30.7. The summed E-state index contributed by atoms with van der Waals surface area (Å²) in [5.41, 5.74) is 16.4. The van der Waals surface area contributed by atoms with Crippen LogP contribution in [0.1, 0.15) is 54.4 Å². The van der Waals surface area contributed by atoms with Crippen LogP contribution in [0.25, 0.3) is 40.0 Å². The van der Waals surface area contributed by atoms with Crippen LogP contribution in [-0.4, -0.2) is 5.43 Å². The Morgan fingerprint density at radius 3 is 1.68 bits per heavy atom. The van der Waals surface area contributed by atoms with Gasteiger partial charge in [-0.15, -0.1) is 0 Å². The number of hydrogen-bond acceptors (Lipinski definition) is 1. The van der Waals surface area contributed by atoms with Gasteiger partial charge in [0.2, 0.25) is 0 Å². The van der Waals surface area contributed by atoms with E-state index in [4.69, 9.17) is 4.42 Å². The number of halogens is 2. The standard InChI is InChI=1S/C37H29O.C2H6Si.2ClH.Zr/c1-23-14-17-28-20-29(21-31(28)35(23)26-10-6-4-7-11-26)37-30-18-15-24(2)36(27-12-8-5-9-13-27)32(30)22-33(37)34-19-16-25(3)38-34;1-3-2;;;/h4-22,37H,1-3H3;1-2H3;2*1H;/q;;;;+2/p-2.